The van der Waals surface area contributed by atoms with E-state index in [1.165, 1.54) is 0 Å². The lowest BCUT2D eigenvalue weighted by atomic mass is 10.2. The lowest BCUT2D eigenvalue weighted by molar-refractivity contribution is 0.875. The largest absolute Gasteiger partial charge is 0.370 e. The van der Waals surface area contributed by atoms with Gasteiger partial charge in [0.25, 0.3) is 0 Å². The van der Waals surface area contributed by atoms with Crippen molar-refractivity contribution in [1.29, 1.82) is 0 Å². The summed E-state index contributed by atoms with van der Waals surface area (Å²) < 4.78 is 0.853. The summed E-state index contributed by atoms with van der Waals surface area (Å²) in [4.78, 5) is 9.19. The Labute approximate surface area is 132 Å². The minimum atomic E-state index is 0.686. The van der Waals surface area contributed by atoms with Crippen molar-refractivity contribution < 1.29 is 0 Å². The number of halogens is 2. The maximum absolute atomic E-state index is 6.03. The summed E-state index contributed by atoms with van der Waals surface area (Å²) in [6.45, 7) is 5.04. The van der Waals surface area contributed by atoms with Crippen molar-refractivity contribution in [3.05, 3.63) is 39.5 Å². The minimum absolute atomic E-state index is 0.686. The molecule has 0 saturated carbocycles. The molecule has 0 atom stereocenters. The second kappa shape index (κ2) is 7.04. The van der Waals surface area contributed by atoms with Crippen LogP contribution in [0.2, 0.25) is 5.02 Å². The zero-order chi connectivity index (χ0) is 14.5. The van der Waals surface area contributed by atoms with E-state index in [9.17, 15) is 0 Å². The highest BCUT2D eigenvalue weighted by atomic mass is 79.9. The van der Waals surface area contributed by atoms with Crippen LogP contribution < -0.4 is 5.32 Å². The highest BCUT2D eigenvalue weighted by molar-refractivity contribution is 9.10. The van der Waals surface area contributed by atoms with E-state index in [4.69, 9.17) is 11.6 Å². The van der Waals surface area contributed by atoms with Crippen molar-refractivity contribution in [2.75, 3.05) is 11.9 Å². The van der Waals surface area contributed by atoms with Crippen molar-refractivity contribution >= 4 is 33.3 Å². The van der Waals surface area contributed by atoms with Crippen molar-refractivity contribution in [1.82, 2.24) is 9.97 Å². The van der Waals surface area contributed by atoms with E-state index in [1.807, 2.05) is 24.3 Å². The molecule has 2 rings (SSSR count). The van der Waals surface area contributed by atoms with Gasteiger partial charge in [-0.05, 0) is 47.5 Å². The first kappa shape index (κ1) is 15.3. The second-order valence-electron chi connectivity index (χ2n) is 4.48. The molecule has 0 aliphatic rings. The van der Waals surface area contributed by atoms with Gasteiger partial charge in [0.1, 0.15) is 5.82 Å². The van der Waals surface area contributed by atoms with Crippen LogP contribution in [0.25, 0.3) is 11.4 Å². The van der Waals surface area contributed by atoms with E-state index in [0.717, 1.165) is 46.8 Å². The average molecular weight is 355 g/mol. The third kappa shape index (κ3) is 3.70. The fourth-order valence-corrected chi connectivity index (χ4v) is 2.41. The smallest absolute Gasteiger partial charge is 0.161 e. The van der Waals surface area contributed by atoms with Crippen LogP contribution in [0.3, 0.4) is 0 Å². The quantitative estimate of drug-likeness (QED) is 0.826. The molecule has 0 radical (unpaired) electrons. The van der Waals surface area contributed by atoms with Crippen molar-refractivity contribution in [2.24, 2.45) is 0 Å². The molecule has 0 fully saturated rings. The fourth-order valence-electron chi connectivity index (χ4n) is 1.92. The van der Waals surface area contributed by atoms with Crippen LogP contribution >= 0.6 is 27.5 Å². The Hall–Kier alpha value is -1.13. The van der Waals surface area contributed by atoms with Gasteiger partial charge in [0.05, 0.1) is 5.02 Å². The van der Waals surface area contributed by atoms with Gasteiger partial charge >= 0.3 is 0 Å². The molecule has 0 bridgehead atoms. The number of nitrogens with zero attached hydrogens (tertiary/aromatic N) is 2. The predicted molar refractivity (Wildman–Crippen MR) is 88.3 cm³/mol. The van der Waals surface area contributed by atoms with E-state index in [-0.39, 0.29) is 0 Å². The molecule has 3 nitrogen and oxygen atoms in total. The normalized spacial score (nSPS) is 10.6. The number of anilines is 1. The van der Waals surface area contributed by atoms with E-state index in [1.54, 1.807) is 0 Å². The Balaban J connectivity index is 2.45. The zero-order valence-electron chi connectivity index (χ0n) is 11.6. The second-order valence-corrected chi connectivity index (χ2v) is 5.74. The third-order valence-electron chi connectivity index (χ3n) is 2.82. The molecule has 0 aliphatic heterocycles. The fraction of sp³-hybridized carbons (Fsp3) is 0.333. The van der Waals surface area contributed by atoms with Crippen LogP contribution in [0, 0.1) is 0 Å². The number of hydrogen-bond acceptors (Lipinski definition) is 3. The molecule has 1 aromatic heterocycles. The van der Waals surface area contributed by atoms with Crippen LogP contribution in [-0.2, 0) is 6.42 Å². The standard InChI is InChI=1S/C15H17BrClN3/c1-3-5-11-9-14(18-4-2)20-15(19-11)10-6-7-13(17)12(16)8-10/h6-9H,3-5H2,1-2H3,(H,18,19,20). The molecule has 0 aliphatic carbocycles. The Morgan fingerprint density at radius 1 is 1.20 bits per heavy atom. The molecule has 0 amide bonds. The molecule has 0 spiro atoms. The van der Waals surface area contributed by atoms with Crippen LogP contribution in [0.1, 0.15) is 26.0 Å². The predicted octanol–water partition coefficient (Wildman–Crippen LogP) is 4.94. The van der Waals surface area contributed by atoms with Crippen molar-refractivity contribution in [2.45, 2.75) is 26.7 Å². The number of nitrogens with one attached hydrogen (secondary N) is 1. The maximum Gasteiger partial charge on any atom is 0.161 e. The zero-order valence-corrected chi connectivity index (χ0v) is 13.9. The lowest BCUT2D eigenvalue weighted by Crippen LogP contribution is -2.04. The molecule has 0 saturated heterocycles. The molecule has 1 N–H and O–H groups in total. The summed E-state index contributed by atoms with van der Waals surface area (Å²) in [5.74, 6) is 1.59. The number of rotatable bonds is 5. The number of aromatic nitrogens is 2. The molecular weight excluding hydrogens is 338 g/mol. The summed E-state index contributed by atoms with van der Waals surface area (Å²) >= 11 is 9.47. The van der Waals surface area contributed by atoms with Crippen molar-refractivity contribution in [3.63, 3.8) is 0 Å². The van der Waals surface area contributed by atoms with E-state index in [2.05, 4.69) is 45.1 Å². The summed E-state index contributed by atoms with van der Waals surface area (Å²) in [5.41, 5.74) is 2.01. The monoisotopic (exact) mass is 353 g/mol. The Bertz CT molecular complexity index is 577. The Morgan fingerprint density at radius 2 is 2.00 bits per heavy atom. The van der Waals surface area contributed by atoms with E-state index in [0.29, 0.717) is 5.02 Å². The Morgan fingerprint density at radius 3 is 2.65 bits per heavy atom. The van der Waals surface area contributed by atoms with Crippen LogP contribution in [-0.4, -0.2) is 16.5 Å². The maximum atomic E-state index is 6.03. The molecule has 1 aromatic carbocycles. The molecule has 5 heteroatoms. The Kier molecular flexibility index (Phi) is 5.38. The van der Waals surface area contributed by atoms with Gasteiger partial charge in [0.2, 0.25) is 0 Å². The van der Waals surface area contributed by atoms with Gasteiger partial charge < -0.3 is 5.32 Å². The molecule has 1 heterocycles. The third-order valence-corrected chi connectivity index (χ3v) is 4.03. The average Bonchev–Trinajstić information content (AvgIpc) is 2.42. The van der Waals surface area contributed by atoms with Gasteiger partial charge in [0.15, 0.2) is 5.82 Å². The van der Waals surface area contributed by atoms with Gasteiger partial charge in [-0.25, -0.2) is 9.97 Å². The molecule has 2 aromatic rings. The minimum Gasteiger partial charge on any atom is -0.370 e. The summed E-state index contributed by atoms with van der Waals surface area (Å²) in [7, 11) is 0. The number of benzene rings is 1. The lowest BCUT2D eigenvalue weighted by Gasteiger charge is -2.09. The highest BCUT2D eigenvalue weighted by Crippen LogP contribution is 2.28. The van der Waals surface area contributed by atoms with E-state index < -0.39 is 0 Å². The summed E-state index contributed by atoms with van der Waals surface area (Å²) in [6, 6.07) is 7.75. The highest BCUT2D eigenvalue weighted by Gasteiger charge is 2.08. The molecule has 0 unspecified atom stereocenters. The first-order valence-electron chi connectivity index (χ1n) is 6.71. The summed E-state index contributed by atoms with van der Waals surface area (Å²) in [6.07, 6.45) is 2.01. The summed E-state index contributed by atoms with van der Waals surface area (Å²) in [5, 5.41) is 3.94. The van der Waals surface area contributed by atoms with Gasteiger partial charge in [-0.2, -0.15) is 0 Å². The van der Waals surface area contributed by atoms with Gasteiger partial charge in [-0.3, -0.25) is 0 Å². The molecule has 106 valence electrons. The van der Waals surface area contributed by atoms with Gasteiger partial charge in [0, 0.05) is 28.3 Å². The van der Waals surface area contributed by atoms with Crippen LogP contribution in [0.4, 0.5) is 5.82 Å². The number of aryl methyl sites for hydroxylation is 1. The molecular formula is C15H17BrClN3. The number of hydrogen-bond donors (Lipinski definition) is 1. The van der Waals surface area contributed by atoms with Crippen molar-refractivity contribution in [3.8, 4) is 11.4 Å². The van der Waals surface area contributed by atoms with Gasteiger partial charge in [-0.1, -0.05) is 24.9 Å². The van der Waals surface area contributed by atoms with Crippen LogP contribution in [0.5, 0.6) is 0 Å². The molecule has 20 heavy (non-hydrogen) atoms. The van der Waals surface area contributed by atoms with Crippen LogP contribution in [0.15, 0.2) is 28.7 Å². The SMILES string of the molecule is CCCc1cc(NCC)nc(-c2ccc(Cl)c(Br)c2)n1. The first-order valence-corrected chi connectivity index (χ1v) is 7.88. The van der Waals surface area contributed by atoms with Gasteiger partial charge in [-0.15, -0.1) is 0 Å². The van der Waals surface area contributed by atoms with E-state index >= 15 is 0 Å². The topological polar surface area (TPSA) is 37.8 Å². The first-order chi connectivity index (χ1) is 9.63.